The number of hydrogen-bond donors (Lipinski definition) is 4. The molecule has 7 nitrogen and oxygen atoms in total. The molecule has 0 unspecified atom stereocenters. The highest BCUT2D eigenvalue weighted by Gasteiger charge is 2.25. The molecule has 140 valence electrons. The summed E-state index contributed by atoms with van der Waals surface area (Å²) in [5.41, 5.74) is 6.45. The van der Waals surface area contributed by atoms with Crippen molar-refractivity contribution in [1.29, 1.82) is 0 Å². The Morgan fingerprint density at radius 2 is 1.70 bits per heavy atom. The maximum atomic E-state index is 13.7. The van der Waals surface area contributed by atoms with Gasteiger partial charge >= 0.3 is 0 Å². The second kappa shape index (κ2) is 6.78. The standard InChI is InChI=1S/C17H16F3N7/c18-9-3-11(19)10(12(20)4-9)7-22-14-6-15(25-17(21)24-14)23-16-5-13(26-27-16)8-1-2-8/h3-6,8H,1-2,7H2,(H5,21,22,23,24,25,26,27). The van der Waals surface area contributed by atoms with Crippen LogP contribution in [0.5, 0.6) is 0 Å². The van der Waals surface area contributed by atoms with Crippen molar-refractivity contribution in [3.63, 3.8) is 0 Å². The molecule has 0 saturated heterocycles. The van der Waals surface area contributed by atoms with Gasteiger partial charge in [-0.2, -0.15) is 15.1 Å². The third kappa shape index (κ3) is 3.94. The van der Waals surface area contributed by atoms with E-state index in [1.165, 1.54) is 6.07 Å². The van der Waals surface area contributed by atoms with Gasteiger partial charge in [-0.1, -0.05) is 0 Å². The zero-order valence-corrected chi connectivity index (χ0v) is 14.1. The van der Waals surface area contributed by atoms with Crippen molar-refractivity contribution in [2.24, 2.45) is 0 Å². The minimum atomic E-state index is -0.982. The molecule has 0 atom stereocenters. The lowest BCUT2D eigenvalue weighted by atomic mass is 10.2. The Balaban J connectivity index is 1.48. The first kappa shape index (κ1) is 17.1. The van der Waals surface area contributed by atoms with Gasteiger partial charge in [-0.05, 0) is 12.8 Å². The van der Waals surface area contributed by atoms with Crippen LogP contribution >= 0.6 is 0 Å². The van der Waals surface area contributed by atoms with Gasteiger partial charge in [0.05, 0.1) is 0 Å². The van der Waals surface area contributed by atoms with Crippen LogP contribution in [0.1, 0.15) is 30.0 Å². The number of aromatic amines is 1. The molecule has 3 aromatic rings. The number of H-pyrrole nitrogens is 1. The van der Waals surface area contributed by atoms with Gasteiger partial charge in [-0.25, -0.2) is 13.2 Å². The number of benzene rings is 1. The van der Waals surface area contributed by atoms with Crippen molar-refractivity contribution < 1.29 is 13.2 Å². The third-order valence-electron chi connectivity index (χ3n) is 4.17. The molecule has 2 heterocycles. The van der Waals surface area contributed by atoms with Gasteiger partial charge in [0.2, 0.25) is 5.95 Å². The number of nitrogen functional groups attached to an aromatic ring is 1. The Morgan fingerprint density at radius 3 is 2.41 bits per heavy atom. The van der Waals surface area contributed by atoms with E-state index in [-0.39, 0.29) is 23.9 Å². The largest absolute Gasteiger partial charge is 0.368 e. The van der Waals surface area contributed by atoms with E-state index in [1.807, 2.05) is 6.07 Å². The maximum Gasteiger partial charge on any atom is 0.223 e. The van der Waals surface area contributed by atoms with E-state index < -0.39 is 17.5 Å². The van der Waals surface area contributed by atoms with E-state index in [0.717, 1.165) is 18.5 Å². The van der Waals surface area contributed by atoms with Crippen molar-refractivity contribution in [3.05, 3.63) is 53.0 Å². The summed E-state index contributed by atoms with van der Waals surface area (Å²) >= 11 is 0. The molecular weight excluding hydrogens is 359 g/mol. The average Bonchev–Trinajstić information content (AvgIpc) is 3.33. The predicted octanol–water partition coefficient (Wildman–Crippen LogP) is 3.43. The maximum absolute atomic E-state index is 13.7. The van der Waals surface area contributed by atoms with Crippen LogP contribution in [0.4, 0.5) is 36.6 Å². The fourth-order valence-corrected chi connectivity index (χ4v) is 2.68. The van der Waals surface area contributed by atoms with Crippen LogP contribution in [0.2, 0.25) is 0 Å². The monoisotopic (exact) mass is 375 g/mol. The van der Waals surface area contributed by atoms with Gasteiger partial charge in [0.15, 0.2) is 5.82 Å². The summed E-state index contributed by atoms with van der Waals surface area (Å²) in [5.74, 6) is -1.23. The van der Waals surface area contributed by atoms with Crippen LogP contribution in [0.25, 0.3) is 0 Å². The number of hydrogen-bond acceptors (Lipinski definition) is 6. The van der Waals surface area contributed by atoms with E-state index in [1.54, 1.807) is 0 Å². The van der Waals surface area contributed by atoms with E-state index in [0.29, 0.717) is 29.7 Å². The first-order valence-electron chi connectivity index (χ1n) is 8.32. The number of nitrogens with one attached hydrogen (secondary N) is 3. The third-order valence-corrected chi connectivity index (χ3v) is 4.17. The van der Waals surface area contributed by atoms with Gasteiger partial charge < -0.3 is 16.4 Å². The highest BCUT2D eigenvalue weighted by molar-refractivity contribution is 5.58. The number of halogens is 3. The first-order chi connectivity index (χ1) is 13.0. The minimum absolute atomic E-state index is 0.0273. The molecule has 1 saturated carbocycles. The topological polar surface area (TPSA) is 105 Å². The van der Waals surface area contributed by atoms with Crippen LogP contribution in [-0.4, -0.2) is 20.2 Å². The molecule has 1 aliphatic rings. The lowest BCUT2D eigenvalue weighted by molar-refractivity contribution is 0.526. The van der Waals surface area contributed by atoms with Crippen LogP contribution in [0.3, 0.4) is 0 Å². The van der Waals surface area contributed by atoms with E-state index in [9.17, 15) is 13.2 Å². The molecular formula is C17H16F3N7. The molecule has 2 aromatic heterocycles. The Hall–Kier alpha value is -3.30. The van der Waals surface area contributed by atoms with Gasteiger partial charge in [0.25, 0.3) is 0 Å². The molecule has 27 heavy (non-hydrogen) atoms. The average molecular weight is 375 g/mol. The first-order valence-corrected chi connectivity index (χ1v) is 8.32. The molecule has 10 heteroatoms. The van der Waals surface area contributed by atoms with Crippen molar-refractivity contribution >= 4 is 23.4 Å². The summed E-state index contributed by atoms with van der Waals surface area (Å²) < 4.78 is 40.4. The van der Waals surface area contributed by atoms with E-state index in [2.05, 4.69) is 30.8 Å². The van der Waals surface area contributed by atoms with Crippen LogP contribution in [-0.2, 0) is 6.54 Å². The van der Waals surface area contributed by atoms with Gasteiger partial charge in [-0.15, -0.1) is 0 Å². The molecule has 4 rings (SSSR count). The lowest BCUT2D eigenvalue weighted by Crippen LogP contribution is -2.09. The van der Waals surface area contributed by atoms with Crippen molar-refractivity contribution in [2.75, 3.05) is 16.4 Å². The molecule has 0 amide bonds. The van der Waals surface area contributed by atoms with Crippen molar-refractivity contribution in [3.8, 4) is 0 Å². The Kier molecular flexibility index (Phi) is 4.30. The highest BCUT2D eigenvalue weighted by atomic mass is 19.1. The fourth-order valence-electron chi connectivity index (χ4n) is 2.68. The number of nitrogens with two attached hydrogens (primary N) is 1. The quantitative estimate of drug-likeness (QED) is 0.526. The van der Waals surface area contributed by atoms with Crippen molar-refractivity contribution in [2.45, 2.75) is 25.3 Å². The van der Waals surface area contributed by atoms with Crippen molar-refractivity contribution in [1.82, 2.24) is 20.2 Å². The number of aromatic nitrogens is 4. The van der Waals surface area contributed by atoms with Gasteiger partial charge in [-0.3, -0.25) is 5.10 Å². The molecule has 0 bridgehead atoms. The van der Waals surface area contributed by atoms with Crippen LogP contribution in [0, 0.1) is 17.5 Å². The Morgan fingerprint density at radius 1 is 1.00 bits per heavy atom. The fraction of sp³-hybridized carbons (Fsp3) is 0.235. The van der Waals surface area contributed by atoms with E-state index in [4.69, 9.17) is 5.73 Å². The highest BCUT2D eigenvalue weighted by Crippen LogP contribution is 2.39. The van der Waals surface area contributed by atoms with Crippen LogP contribution in [0.15, 0.2) is 24.3 Å². The lowest BCUT2D eigenvalue weighted by Gasteiger charge is -2.10. The van der Waals surface area contributed by atoms with Gasteiger partial charge in [0, 0.05) is 48.0 Å². The Bertz CT molecular complexity index is 961. The molecule has 0 aliphatic heterocycles. The summed E-state index contributed by atoms with van der Waals surface area (Å²) in [5, 5.41) is 12.9. The normalized spacial score (nSPS) is 13.6. The molecule has 0 spiro atoms. The molecule has 1 fully saturated rings. The molecule has 1 aliphatic carbocycles. The molecule has 5 N–H and O–H groups in total. The zero-order valence-electron chi connectivity index (χ0n) is 14.1. The predicted molar refractivity (Wildman–Crippen MR) is 93.9 cm³/mol. The number of rotatable bonds is 6. The van der Waals surface area contributed by atoms with Gasteiger partial charge in [0.1, 0.15) is 29.1 Å². The zero-order chi connectivity index (χ0) is 19.0. The second-order valence-corrected chi connectivity index (χ2v) is 6.31. The number of anilines is 4. The number of nitrogens with zero attached hydrogens (tertiary/aromatic N) is 3. The smallest absolute Gasteiger partial charge is 0.223 e. The summed E-state index contributed by atoms with van der Waals surface area (Å²) in [7, 11) is 0. The molecule has 0 radical (unpaired) electrons. The van der Waals surface area contributed by atoms with Crippen LogP contribution < -0.4 is 16.4 Å². The van der Waals surface area contributed by atoms with E-state index >= 15 is 0 Å². The minimum Gasteiger partial charge on any atom is -0.368 e. The summed E-state index contributed by atoms with van der Waals surface area (Å²) in [6, 6.07) is 4.67. The summed E-state index contributed by atoms with van der Waals surface area (Å²) in [6.45, 7) is -0.234. The second-order valence-electron chi connectivity index (χ2n) is 6.31. The SMILES string of the molecule is Nc1nc(NCc2c(F)cc(F)cc2F)cc(Nc2cc(C3CC3)[nH]n2)n1. The summed E-state index contributed by atoms with van der Waals surface area (Å²) in [4.78, 5) is 8.04. The summed E-state index contributed by atoms with van der Waals surface area (Å²) in [6.07, 6.45) is 2.29. The molecule has 1 aromatic carbocycles. The Labute approximate surface area is 152 Å².